The van der Waals surface area contributed by atoms with Crippen molar-refractivity contribution in [2.45, 2.75) is 0 Å². The highest BCUT2D eigenvalue weighted by atomic mass is 14.9. The molecule has 0 aliphatic heterocycles. The molecule has 0 bridgehead atoms. The molecule has 2 aromatic rings. The summed E-state index contributed by atoms with van der Waals surface area (Å²) in [6, 6.07) is 18.3. The fraction of sp³-hybridized carbons (Fsp3) is 0. The maximum atomic E-state index is 3.75. The van der Waals surface area contributed by atoms with Crippen molar-refractivity contribution in [2.24, 2.45) is 0 Å². The number of benzene rings is 2. The molecular weight excluding hydrogens is 182 g/mol. The predicted octanol–water partition coefficient (Wildman–Crippen LogP) is 4.07. The summed E-state index contributed by atoms with van der Waals surface area (Å²) in [6.07, 6.45) is 1.84. The second-order valence-corrected chi connectivity index (χ2v) is 3.32. The zero-order chi connectivity index (χ0) is 10.5. The van der Waals surface area contributed by atoms with Gasteiger partial charge in [-0.25, -0.2) is 0 Å². The van der Waals surface area contributed by atoms with Crippen LogP contribution in [0, 0.1) is 0 Å². The van der Waals surface area contributed by atoms with Gasteiger partial charge in [-0.3, -0.25) is 0 Å². The normalized spacial score (nSPS) is 9.60. The Balaban J connectivity index is 2.21. The molecule has 0 saturated carbocycles. The average Bonchev–Trinajstić information content (AvgIpc) is 2.31. The summed E-state index contributed by atoms with van der Waals surface area (Å²) in [5.41, 5.74) is 3.30. The van der Waals surface area contributed by atoms with E-state index in [0.29, 0.717) is 0 Å². The maximum absolute atomic E-state index is 3.75. The van der Waals surface area contributed by atoms with Crippen LogP contribution in [0.5, 0.6) is 0 Å². The molecule has 0 aliphatic carbocycles. The lowest BCUT2D eigenvalue weighted by molar-refractivity contribution is 1.54. The van der Waals surface area contributed by atoms with E-state index in [1.807, 2.05) is 54.6 Å². The standard InChI is InChI=1S/C14H13N/c1-2-12-7-6-10-14(11-12)15-13-8-4-3-5-9-13/h2-11,15H,1H2. The minimum Gasteiger partial charge on any atom is -0.356 e. The van der Waals surface area contributed by atoms with Crippen molar-refractivity contribution in [1.29, 1.82) is 0 Å². The largest absolute Gasteiger partial charge is 0.356 e. The summed E-state index contributed by atoms with van der Waals surface area (Å²) in [5, 5.41) is 3.33. The predicted molar refractivity (Wildman–Crippen MR) is 66.3 cm³/mol. The van der Waals surface area contributed by atoms with Crippen LogP contribution in [-0.2, 0) is 0 Å². The van der Waals surface area contributed by atoms with Crippen molar-refractivity contribution in [1.82, 2.24) is 0 Å². The fourth-order valence-corrected chi connectivity index (χ4v) is 1.43. The topological polar surface area (TPSA) is 12.0 Å². The first kappa shape index (κ1) is 9.53. The number of rotatable bonds is 3. The Kier molecular flexibility index (Phi) is 2.84. The molecule has 1 heteroatoms. The molecule has 0 amide bonds. The van der Waals surface area contributed by atoms with E-state index in [9.17, 15) is 0 Å². The smallest absolute Gasteiger partial charge is 0.0390 e. The van der Waals surface area contributed by atoms with Gasteiger partial charge in [0.1, 0.15) is 0 Å². The quantitative estimate of drug-likeness (QED) is 0.778. The van der Waals surface area contributed by atoms with Crippen molar-refractivity contribution in [2.75, 3.05) is 5.32 Å². The number of anilines is 2. The van der Waals surface area contributed by atoms with Crippen LogP contribution in [0.15, 0.2) is 61.2 Å². The van der Waals surface area contributed by atoms with Crippen LogP contribution in [0.3, 0.4) is 0 Å². The van der Waals surface area contributed by atoms with E-state index in [4.69, 9.17) is 0 Å². The molecule has 15 heavy (non-hydrogen) atoms. The average molecular weight is 195 g/mol. The van der Waals surface area contributed by atoms with Gasteiger partial charge < -0.3 is 5.32 Å². The van der Waals surface area contributed by atoms with Gasteiger partial charge in [-0.2, -0.15) is 0 Å². The zero-order valence-electron chi connectivity index (χ0n) is 8.48. The molecule has 0 spiro atoms. The second kappa shape index (κ2) is 4.47. The Morgan fingerprint density at radius 1 is 0.867 bits per heavy atom. The van der Waals surface area contributed by atoms with Crippen molar-refractivity contribution in [3.05, 3.63) is 66.7 Å². The summed E-state index contributed by atoms with van der Waals surface area (Å²) in [7, 11) is 0. The third-order valence-corrected chi connectivity index (χ3v) is 2.18. The van der Waals surface area contributed by atoms with Gasteiger partial charge in [0.05, 0.1) is 0 Å². The van der Waals surface area contributed by atoms with Gasteiger partial charge in [0.15, 0.2) is 0 Å². The van der Waals surface area contributed by atoms with Gasteiger partial charge in [-0.05, 0) is 29.8 Å². The molecule has 0 aliphatic rings. The van der Waals surface area contributed by atoms with E-state index in [0.717, 1.165) is 16.9 Å². The SMILES string of the molecule is C=Cc1cccc(Nc2ccccc2)c1. The first-order valence-corrected chi connectivity index (χ1v) is 4.93. The highest BCUT2D eigenvalue weighted by molar-refractivity contribution is 5.63. The maximum Gasteiger partial charge on any atom is 0.0390 e. The minimum absolute atomic E-state index is 1.08. The van der Waals surface area contributed by atoms with Crippen LogP contribution in [-0.4, -0.2) is 0 Å². The minimum atomic E-state index is 1.08. The van der Waals surface area contributed by atoms with Crippen LogP contribution in [0.2, 0.25) is 0 Å². The monoisotopic (exact) mass is 195 g/mol. The third-order valence-electron chi connectivity index (χ3n) is 2.18. The molecule has 74 valence electrons. The molecule has 0 unspecified atom stereocenters. The van der Waals surface area contributed by atoms with E-state index in [1.165, 1.54) is 0 Å². The summed E-state index contributed by atoms with van der Waals surface area (Å²) < 4.78 is 0. The molecule has 0 aromatic heterocycles. The number of hydrogen-bond acceptors (Lipinski definition) is 1. The van der Waals surface area contributed by atoms with Gasteiger partial charge in [0.2, 0.25) is 0 Å². The second-order valence-electron chi connectivity index (χ2n) is 3.32. The molecule has 2 aromatic carbocycles. The van der Waals surface area contributed by atoms with Crippen LogP contribution in [0.25, 0.3) is 6.08 Å². The van der Waals surface area contributed by atoms with Crippen molar-refractivity contribution in [3.8, 4) is 0 Å². The van der Waals surface area contributed by atoms with E-state index in [-0.39, 0.29) is 0 Å². The molecule has 0 fully saturated rings. The van der Waals surface area contributed by atoms with Gasteiger partial charge >= 0.3 is 0 Å². The van der Waals surface area contributed by atoms with Crippen molar-refractivity contribution in [3.63, 3.8) is 0 Å². The van der Waals surface area contributed by atoms with Crippen LogP contribution < -0.4 is 5.32 Å². The Morgan fingerprint density at radius 3 is 2.33 bits per heavy atom. The molecule has 1 N–H and O–H groups in total. The van der Waals surface area contributed by atoms with Gasteiger partial charge in [0.25, 0.3) is 0 Å². The Morgan fingerprint density at radius 2 is 1.60 bits per heavy atom. The number of para-hydroxylation sites is 1. The molecule has 2 rings (SSSR count). The van der Waals surface area contributed by atoms with E-state index in [2.05, 4.69) is 18.0 Å². The van der Waals surface area contributed by atoms with E-state index in [1.54, 1.807) is 0 Å². The molecule has 0 atom stereocenters. The lowest BCUT2D eigenvalue weighted by Crippen LogP contribution is -1.89. The molecule has 1 nitrogen and oxygen atoms in total. The van der Waals surface area contributed by atoms with Crippen LogP contribution >= 0.6 is 0 Å². The first-order chi connectivity index (χ1) is 7.38. The first-order valence-electron chi connectivity index (χ1n) is 4.93. The van der Waals surface area contributed by atoms with Gasteiger partial charge in [-0.1, -0.05) is 43.0 Å². The fourth-order valence-electron chi connectivity index (χ4n) is 1.43. The van der Waals surface area contributed by atoms with Gasteiger partial charge in [0, 0.05) is 11.4 Å². The molecular formula is C14H13N. The third kappa shape index (κ3) is 2.47. The summed E-state index contributed by atoms with van der Waals surface area (Å²) >= 11 is 0. The summed E-state index contributed by atoms with van der Waals surface area (Å²) in [5.74, 6) is 0. The Bertz CT molecular complexity index is 446. The summed E-state index contributed by atoms with van der Waals surface area (Å²) in [4.78, 5) is 0. The highest BCUT2D eigenvalue weighted by Crippen LogP contribution is 2.17. The van der Waals surface area contributed by atoms with Crippen molar-refractivity contribution < 1.29 is 0 Å². The molecule has 0 saturated heterocycles. The number of nitrogens with one attached hydrogen (secondary N) is 1. The van der Waals surface area contributed by atoms with Crippen LogP contribution in [0.4, 0.5) is 11.4 Å². The zero-order valence-corrected chi connectivity index (χ0v) is 8.48. The van der Waals surface area contributed by atoms with E-state index >= 15 is 0 Å². The molecule has 0 heterocycles. The van der Waals surface area contributed by atoms with Gasteiger partial charge in [-0.15, -0.1) is 0 Å². The Labute approximate surface area is 90.1 Å². The Hall–Kier alpha value is -2.02. The van der Waals surface area contributed by atoms with E-state index < -0.39 is 0 Å². The highest BCUT2D eigenvalue weighted by Gasteiger charge is 1.93. The van der Waals surface area contributed by atoms with Crippen molar-refractivity contribution >= 4 is 17.5 Å². The lowest BCUT2D eigenvalue weighted by Gasteiger charge is -2.06. The summed E-state index contributed by atoms with van der Waals surface area (Å²) in [6.45, 7) is 3.75. The lowest BCUT2D eigenvalue weighted by atomic mass is 10.2. The number of hydrogen-bond donors (Lipinski definition) is 1. The molecule has 0 radical (unpaired) electrons. The van der Waals surface area contributed by atoms with Crippen LogP contribution in [0.1, 0.15) is 5.56 Å².